The molecule has 0 aliphatic rings. The van der Waals surface area contributed by atoms with Gasteiger partial charge in [-0.25, -0.2) is 4.98 Å². The van der Waals surface area contributed by atoms with Crippen LogP contribution in [0.5, 0.6) is 0 Å². The fraction of sp³-hybridized carbons (Fsp3) is 0.200. The zero-order chi connectivity index (χ0) is 15.6. The van der Waals surface area contributed by atoms with Crippen LogP contribution in [-0.4, -0.2) is 17.9 Å². The Morgan fingerprint density at radius 2 is 2.05 bits per heavy atom. The van der Waals surface area contributed by atoms with Gasteiger partial charge in [0.05, 0.1) is 0 Å². The van der Waals surface area contributed by atoms with Crippen LogP contribution in [0.1, 0.15) is 21.6 Å². The molecule has 0 radical (unpaired) electrons. The van der Waals surface area contributed by atoms with Crippen LogP contribution in [0.15, 0.2) is 30.3 Å². The predicted molar refractivity (Wildman–Crippen MR) is 85.5 cm³/mol. The van der Waals surface area contributed by atoms with Crippen LogP contribution in [0.25, 0.3) is 0 Å². The topological polar surface area (TPSA) is 85.2 Å². The molecule has 0 saturated carbocycles. The molecule has 2 rings (SSSR count). The van der Waals surface area contributed by atoms with Gasteiger partial charge < -0.3 is 16.4 Å². The van der Waals surface area contributed by atoms with Crippen molar-refractivity contribution in [3.05, 3.63) is 52.2 Å². The second kappa shape index (κ2) is 6.01. The molecular formula is C15H17ClN4O. The fourth-order valence-electron chi connectivity index (χ4n) is 2.04. The van der Waals surface area contributed by atoms with Crippen molar-refractivity contribution in [3.63, 3.8) is 0 Å². The van der Waals surface area contributed by atoms with Crippen LogP contribution in [-0.2, 0) is 6.54 Å². The molecule has 0 aliphatic carbocycles. The van der Waals surface area contributed by atoms with Gasteiger partial charge in [-0.2, -0.15) is 0 Å². The van der Waals surface area contributed by atoms with Gasteiger partial charge in [-0.15, -0.1) is 0 Å². The molecule has 1 aromatic carbocycles. The highest BCUT2D eigenvalue weighted by molar-refractivity contribution is 6.31. The molecule has 0 spiro atoms. The minimum absolute atomic E-state index is 0.433. The highest BCUT2D eigenvalue weighted by atomic mass is 35.5. The number of benzene rings is 1. The van der Waals surface area contributed by atoms with Gasteiger partial charge in [0.2, 0.25) is 5.91 Å². The molecule has 1 aromatic heterocycles. The number of primary amides is 1. The number of nitrogens with zero attached hydrogens (tertiary/aromatic N) is 2. The van der Waals surface area contributed by atoms with Gasteiger partial charge in [0, 0.05) is 35.6 Å². The zero-order valence-electron chi connectivity index (χ0n) is 11.9. The average molecular weight is 305 g/mol. The Kier molecular flexibility index (Phi) is 4.33. The number of amides is 1. The average Bonchev–Trinajstić information content (AvgIpc) is 2.42. The zero-order valence-corrected chi connectivity index (χ0v) is 12.7. The molecule has 0 unspecified atom stereocenters. The molecule has 0 saturated heterocycles. The van der Waals surface area contributed by atoms with Crippen molar-refractivity contribution in [2.75, 3.05) is 17.7 Å². The summed E-state index contributed by atoms with van der Waals surface area (Å²) in [6, 6.07) is 8.66. The summed E-state index contributed by atoms with van der Waals surface area (Å²) in [5, 5.41) is 0.638. The molecule has 1 amide bonds. The first-order chi connectivity index (χ1) is 9.86. The Labute approximate surface area is 128 Å². The van der Waals surface area contributed by atoms with Crippen LogP contribution in [0.4, 0.5) is 11.5 Å². The van der Waals surface area contributed by atoms with E-state index < -0.39 is 5.91 Å². The normalized spacial score (nSPS) is 10.4. The Morgan fingerprint density at radius 3 is 2.71 bits per heavy atom. The van der Waals surface area contributed by atoms with Gasteiger partial charge in [0.15, 0.2) is 0 Å². The third-order valence-electron chi connectivity index (χ3n) is 3.09. The van der Waals surface area contributed by atoms with E-state index in [-0.39, 0.29) is 0 Å². The number of carbonyl (C=O) groups excluding carboxylic acids is 1. The minimum Gasteiger partial charge on any atom is -0.399 e. The van der Waals surface area contributed by atoms with E-state index in [1.54, 1.807) is 24.3 Å². The third kappa shape index (κ3) is 3.64. The number of rotatable bonds is 4. The molecule has 0 atom stereocenters. The van der Waals surface area contributed by atoms with Gasteiger partial charge in [0.25, 0.3) is 0 Å². The Balaban J connectivity index is 2.30. The van der Waals surface area contributed by atoms with E-state index in [9.17, 15) is 4.79 Å². The second-order valence-electron chi connectivity index (χ2n) is 4.93. The van der Waals surface area contributed by atoms with E-state index in [2.05, 4.69) is 4.98 Å². The molecule has 5 nitrogen and oxygen atoms in total. The summed E-state index contributed by atoms with van der Waals surface area (Å²) >= 11 is 6.16. The number of hydrogen-bond donors (Lipinski definition) is 2. The number of nitrogens with two attached hydrogens (primary N) is 2. The summed E-state index contributed by atoms with van der Waals surface area (Å²) in [4.78, 5) is 17.6. The number of nitrogen functional groups attached to an aromatic ring is 1. The summed E-state index contributed by atoms with van der Waals surface area (Å²) in [5.41, 5.74) is 13.8. The first-order valence-electron chi connectivity index (χ1n) is 6.40. The van der Waals surface area contributed by atoms with Crippen molar-refractivity contribution in [3.8, 4) is 0 Å². The van der Waals surface area contributed by atoms with Crippen LogP contribution in [0.3, 0.4) is 0 Å². The van der Waals surface area contributed by atoms with Crippen molar-refractivity contribution in [1.29, 1.82) is 0 Å². The first kappa shape index (κ1) is 15.1. The Morgan fingerprint density at radius 1 is 1.33 bits per heavy atom. The molecule has 110 valence electrons. The van der Waals surface area contributed by atoms with Gasteiger partial charge in [0.1, 0.15) is 5.82 Å². The van der Waals surface area contributed by atoms with Crippen LogP contribution in [0.2, 0.25) is 5.02 Å². The largest absolute Gasteiger partial charge is 0.399 e. The molecule has 2 aromatic rings. The van der Waals surface area contributed by atoms with Crippen molar-refractivity contribution >= 4 is 29.0 Å². The van der Waals surface area contributed by atoms with Crippen LogP contribution in [0, 0.1) is 6.92 Å². The minimum atomic E-state index is -0.475. The van der Waals surface area contributed by atoms with Crippen LogP contribution < -0.4 is 16.4 Å². The van der Waals surface area contributed by atoms with Crippen LogP contribution >= 0.6 is 11.6 Å². The van der Waals surface area contributed by atoms with Gasteiger partial charge >= 0.3 is 0 Å². The summed E-state index contributed by atoms with van der Waals surface area (Å²) in [6.07, 6.45) is 0. The van der Waals surface area contributed by atoms with E-state index in [1.165, 1.54) is 0 Å². The number of anilines is 2. The Hall–Kier alpha value is -2.27. The quantitative estimate of drug-likeness (QED) is 0.849. The number of aromatic nitrogens is 1. The van der Waals surface area contributed by atoms with E-state index in [4.69, 9.17) is 23.1 Å². The van der Waals surface area contributed by atoms with Gasteiger partial charge in [-0.05, 0) is 42.8 Å². The van der Waals surface area contributed by atoms with Gasteiger partial charge in [-0.3, -0.25) is 4.79 Å². The molecule has 4 N–H and O–H groups in total. The lowest BCUT2D eigenvalue weighted by Crippen LogP contribution is -2.20. The first-order valence-corrected chi connectivity index (χ1v) is 6.78. The van der Waals surface area contributed by atoms with Gasteiger partial charge in [-0.1, -0.05) is 11.6 Å². The van der Waals surface area contributed by atoms with E-state index in [0.29, 0.717) is 28.6 Å². The second-order valence-corrected chi connectivity index (χ2v) is 5.33. The summed E-state index contributed by atoms with van der Waals surface area (Å²) in [5.74, 6) is 0.180. The van der Waals surface area contributed by atoms with Crippen molar-refractivity contribution in [1.82, 2.24) is 4.98 Å². The number of pyridine rings is 1. The monoisotopic (exact) mass is 304 g/mol. The summed E-state index contributed by atoms with van der Waals surface area (Å²) < 4.78 is 0. The van der Waals surface area contributed by atoms with Crippen molar-refractivity contribution in [2.24, 2.45) is 5.73 Å². The molecular weight excluding hydrogens is 288 g/mol. The molecule has 21 heavy (non-hydrogen) atoms. The molecule has 6 heteroatoms. The SMILES string of the molecule is Cc1cc(C(N)=O)cc(N(C)Cc2cc(N)ccc2Cl)n1. The summed E-state index contributed by atoms with van der Waals surface area (Å²) in [7, 11) is 1.87. The maximum atomic E-state index is 11.3. The molecule has 0 fully saturated rings. The fourth-order valence-corrected chi connectivity index (χ4v) is 2.22. The summed E-state index contributed by atoms with van der Waals surface area (Å²) in [6.45, 7) is 2.34. The third-order valence-corrected chi connectivity index (χ3v) is 3.46. The van der Waals surface area contributed by atoms with E-state index >= 15 is 0 Å². The lowest BCUT2D eigenvalue weighted by molar-refractivity contribution is 0.1000. The number of halogens is 1. The molecule has 1 heterocycles. The van der Waals surface area contributed by atoms with Crippen molar-refractivity contribution < 1.29 is 4.79 Å². The number of hydrogen-bond acceptors (Lipinski definition) is 4. The number of aryl methyl sites for hydroxylation is 1. The van der Waals surface area contributed by atoms with E-state index in [1.807, 2.05) is 24.9 Å². The smallest absolute Gasteiger partial charge is 0.248 e. The standard InChI is InChI=1S/C15H17ClN4O/c1-9-5-10(15(18)21)7-14(19-9)20(2)8-11-6-12(17)3-4-13(11)16/h3-7H,8,17H2,1-2H3,(H2,18,21). The molecule has 0 bridgehead atoms. The predicted octanol–water partition coefficient (Wildman–Crippen LogP) is 2.36. The highest BCUT2D eigenvalue weighted by Crippen LogP contribution is 2.22. The molecule has 0 aliphatic heterocycles. The van der Waals surface area contributed by atoms with E-state index in [0.717, 1.165) is 11.3 Å². The lowest BCUT2D eigenvalue weighted by Gasteiger charge is -2.20. The lowest BCUT2D eigenvalue weighted by atomic mass is 10.1. The van der Waals surface area contributed by atoms with Crippen molar-refractivity contribution in [2.45, 2.75) is 13.5 Å². The Bertz CT molecular complexity index is 687. The maximum absolute atomic E-state index is 11.3. The highest BCUT2D eigenvalue weighted by Gasteiger charge is 2.11. The number of carbonyl (C=O) groups is 1. The maximum Gasteiger partial charge on any atom is 0.248 e.